The van der Waals surface area contributed by atoms with Gasteiger partial charge in [0.15, 0.2) is 0 Å². The van der Waals surface area contributed by atoms with Gasteiger partial charge in [0.25, 0.3) is 0 Å². The summed E-state index contributed by atoms with van der Waals surface area (Å²) in [6.07, 6.45) is 16.1. The van der Waals surface area contributed by atoms with Crippen LogP contribution in [-0.2, 0) is 0 Å². The molecule has 2 aliphatic rings. The molecular formula is C17H34N2. The van der Waals surface area contributed by atoms with Gasteiger partial charge in [-0.25, -0.2) is 0 Å². The van der Waals surface area contributed by atoms with Crippen molar-refractivity contribution in [2.75, 3.05) is 7.05 Å². The molecular weight excluding hydrogens is 232 g/mol. The van der Waals surface area contributed by atoms with E-state index in [4.69, 9.17) is 5.73 Å². The molecule has 0 aliphatic heterocycles. The molecule has 2 saturated carbocycles. The molecule has 0 aromatic rings. The molecule has 2 nitrogen and oxygen atoms in total. The molecule has 3 N–H and O–H groups in total. The maximum absolute atomic E-state index is 6.98. The topological polar surface area (TPSA) is 38.0 Å². The van der Waals surface area contributed by atoms with Crippen LogP contribution in [0, 0.1) is 5.41 Å². The highest BCUT2D eigenvalue weighted by Crippen LogP contribution is 2.47. The zero-order chi connectivity index (χ0) is 13.8. The lowest BCUT2D eigenvalue weighted by molar-refractivity contribution is 0.0849. The van der Waals surface area contributed by atoms with Crippen molar-refractivity contribution < 1.29 is 0 Å². The van der Waals surface area contributed by atoms with Crippen molar-refractivity contribution in [2.45, 2.75) is 95.6 Å². The van der Waals surface area contributed by atoms with Gasteiger partial charge < -0.3 is 11.1 Å². The monoisotopic (exact) mass is 266 g/mol. The lowest BCUT2D eigenvalue weighted by Crippen LogP contribution is -2.54. The molecule has 0 heterocycles. The van der Waals surface area contributed by atoms with Gasteiger partial charge >= 0.3 is 0 Å². The molecule has 0 radical (unpaired) electrons. The van der Waals surface area contributed by atoms with E-state index in [1.54, 1.807) is 0 Å². The third kappa shape index (κ3) is 3.52. The van der Waals surface area contributed by atoms with E-state index in [1.165, 1.54) is 77.0 Å². The largest absolute Gasteiger partial charge is 0.325 e. The summed E-state index contributed by atoms with van der Waals surface area (Å²) in [5.74, 6) is 0. The SMILES string of the molecule is CNC1CCCC(N)(C2(C)CCCCCCC2)CC1. The molecule has 19 heavy (non-hydrogen) atoms. The van der Waals surface area contributed by atoms with Crippen molar-refractivity contribution in [3.05, 3.63) is 0 Å². The Labute approximate surface area is 119 Å². The van der Waals surface area contributed by atoms with E-state index in [1.807, 2.05) is 0 Å². The number of nitrogens with one attached hydrogen (secondary N) is 1. The summed E-state index contributed by atoms with van der Waals surface area (Å²) < 4.78 is 0. The lowest BCUT2D eigenvalue weighted by atomic mass is 9.61. The fraction of sp³-hybridized carbons (Fsp3) is 1.00. The highest BCUT2D eigenvalue weighted by Gasteiger charge is 2.44. The maximum atomic E-state index is 6.98. The van der Waals surface area contributed by atoms with Gasteiger partial charge in [-0.1, -0.05) is 45.4 Å². The second kappa shape index (κ2) is 6.58. The standard InChI is InChI=1S/C17H34N2/c1-16(11-6-4-3-5-7-12-16)17(18)13-8-9-15(19-2)10-14-17/h15,19H,3-14,18H2,1-2H3. The van der Waals surface area contributed by atoms with E-state index in [2.05, 4.69) is 19.3 Å². The van der Waals surface area contributed by atoms with Crippen LogP contribution in [0.1, 0.15) is 84.0 Å². The first-order valence-electron chi connectivity index (χ1n) is 8.56. The molecule has 2 heteroatoms. The number of rotatable bonds is 2. The molecule has 2 atom stereocenters. The minimum absolute atomic E-state index is 0.0932. The predicted molar refractivity (Wildman–Crippen MR) is 83.3 cm³/mol. The maximum Gasteiger partial charge on any atom is 0.0209 e. The van der Waals surface area contributed by atoms with Crippen LogP contribution in [0.3, 0.4) is 0 Å². The van der Waals surface area contributed by atoms with Crippen LogP contribution in [0.5, 0.6) is 0 Å². The van der Waals surface area contributed by atoms with Gasteiger partial charge in [0.05, 0.1) is 0 Å². The van der Waals surface area contributed by atoms with Gasteiger partial charge in [0.2, 0.25) is 0 Å². The molecule has 0 aromatic carbocycles. The number of hydrogen-bond donors (Lipinski definition) is 2. The fourth-order valence-corrected chi connectivity index (χ4v) is 4.44. The molecule has 0 bridgehead atoms. The summed E-state index contributed by atoms with van der Waals surface area (Å²) in [6.45, 7) is 2.50. The molecule has 2 unspecified atom stereocenters. The molecule has 0 saturated heterocycles. The van der Waals surface area contributed by atoms with Crippen LogP contribution in [0.2, 0.25) is 0 Å². The average molecular weight is 266 g/mol. The van der Waals surface area contributed by atoms with E-state index in [9.17, 15) is 0 Å². The third-order valence-electron chi connectivity index (χ3n) is 6.18. The highest BCUT2D eigenvalue weighted by atomic mass is 14.9. The van der Waals surface area contributed by atoms with Crippen molar-refractivity contribution in [1.29, 1.82) is 0 Å². The molecule has 2 fully saturated rings. The summed E-state index contributed by atoms with van der Waals surface area (Å²) >= 11 is 0. The van der Waals surface area contributed by atoms with Crippen LogP contribution in [0.4, 0.5) is 0 Å². The van der Waals surface area contributed by atoms with Gasteiger partial charge in [-0.2, -0.15) is 0 Å². The Morgan fingerprint density at radius 1 is 0.842 bits per heavy atom. The summed E-state index contributed by atoms with van der Waals surface area (Å²) in [5.41, 5.74) is 7.46. The van der Waals surface area contributed by atoms with Crippen LogP contribution >= 0.6 is 0 Å². The Morgan fingerprint density at radius 2 is 1.47 bits per heavy atom. The van der Waals surface area contributed by atoms with Gasteiger partial charge in [-0.05, 0) is 51.0 Å². The van der Waals surface area contributed by atoms with Crippen LogP contribution in [0.25, 0.3) is 0 Å². The summed E-state index contributed by atoms with van der Waals surface area (Å²) in [6, 6.07) is 0.697. The van der Waals surface area contributed by atoms with Crippen molar-refractivity contribution in [3.63, 3.8) is 0 Å². The lowest BCUT2D eigenvalue weighted by Gasteiger charge is -2.48. The van der Waals surface area contributed by atoms with Crippen molar-refractivity contribution in [2.24, 2.45) is 11.1 Å². The van der Waals surface area contributed by atoms with E-state index >= 15 is 0 Å². The zero-order valence-electron chi connectivity index (χ0n) is 13.1. The van der Waals surface area contributed by atoms with E-state index in [-0.39, 0.29) is 5.54 Å². The van der Waals surface area contributed by atoms with Crippen LogP contribution in [-0.4, -0.2) is 18.6 Å². The Bertz CT molecular complexity index is 268. The normalized spacial score (nSPS) is 37.1. The quantitative estimate of drug-likeness (QED) is 0.742. The molecule has 0 amide bonds. The van der Waals surface area contributed by atoms with Crippen LogP contribution < -0.4 is 11.1 Å². The predicted octanol–water partition coefficient (Wildman–Crippen LogP) is 3.99. The van der Waals surface area contributed by atoms with Crippen LogP contribution in [0.15, 0.2) is 0 Å². The first-order chi connectivity index (χ1) is 9.10. The summed E-state index contributed by atoms with van der Waals surface area (Å²) in [4.78, 5) is 0. The summed E-state index contributed by atoms with van der Waals surface area (Å²) in [7, 11) is 2.10. The number of hydrogen-bond acceptors (Lipinski definition) is 2. The van der Waals surface area contributed by atoms with Crippen molar-refractivity contribution in [1.82, 2.24) is 5.32 Å². The van der Waals surface area contributed by atoms with Crippen molar-refractivity contribution >= 4 is 0 Å². The summed E-state index contributed by atoms with van der Waals surface area (Å²) in [5, 5.41) is 3.46. The fourth-order valence-electron chi connectivity index (χ4n) is 4.44. The molecule has 2 rings (SSSR count). The molecule has 0 spiro atoms. The third-order valence-corrected chi connectivity index (χ3v) is 6.18. The zero-order valence-corrected chi connectivity index (χ0v) is 13.1. The smallest absolute Gasteiger partial charge is 0.0209 e. The van der Waals surface area contributed by atoms with Gasteiger partial charge in [0.1, 0.15) is 0 Å². The van der Waals surface area contributed by atoms with E-state index < -0.39 is 0 Å². The second-order valence-corrected chi connectivity index (χ2v) is 7.40. The molecule has 0 aromatic heterocycles. The Balaban J connectivity index is 2.06. The average Bonchev–Trinajstić information content (AvgIpc) is 2.57. The first kappa shape index (κ1) is 15.3. The Kier molecular flexibility index (Phi) is 5.30. The molecule has 2 aliphatic carbocycles. The van der Waals surface area contributed by atoms with E-state index in [0.29, 0.717) is 11.5 Å². The highest BCUT2D eigenvalue weighted by molar-refractivity contribution is 5.02. The minimum Gasteiger partial charge on any atom is -0.325 e. The van der Waals surface area contributed by atoms with Crippen molar-refractivity contribution in [3.8, 4) is 0 Å². The Morgan fingerprint density at radius 3 is 2.11 bits per heavy atom. The number of nitrogens with two attached hydrogens (primary N) is 1. The minimum atomic E-state index is 0.0932. The van der Waals surface area contributed by atoms with Gasteiger partial charge in [-0.15, -0.1) is 0 Å². The molecule has 112 valence electrons. The van der Waals surface area contributed by atoms with E-state index in [0.717, 1.165) is 0 Å². The first-order valence-corrected chi connectivity index (χ1v) is 8.56. The second-order valence-electron chi connectivity index (χ2n) is 7.40. The van der Waals surface area contributed by atoms with Gasteiger partial charge in [0, 0.05) is 11.6 Å². The van der Waals surface area contributed by atoms with Gasteiger partial charge in [-0.3, -0.25) is 0 Å². The Hall–Kier alpha value is -0.0800.